The second kappa shape index (κ2) is 7.36. The smallest absolute Gasteiger partial charge is 0.127 e. The van der Waals surface area contributed by atoms with E-state index in [0.29, 0.717) is 12.6 Å². The predicted octanol–water partition coefficient (Wildman–Crippen LogP) is 4.27. The number of imidazole rings is 1. The third kappa shape index (κ3) is 3.07. The second-order valence-electron chi connectivity index (χ2n) is 7.68. The molecule has 0 amide bonds. The first-order valence-electron chi connectivity index (χ1n) is 10.2. The summed E-state index contributed by atoms with van der Waals surface area (Å²) in [6.07, 6.45) is 11.2. The molecule has 0 unspecified atom stereocenters. The molecular weight excluding hydrogens is 350 g/mol. The van der Waals surface area contributed by atoms with Gasteiger partial charge in [0.05, 0.1) is 35.3 Å². The number of pyridine rings is 1. The van der Waals surface area contributed by atoms with Gasteiger partial charge in [-0.15, -0.1) is 0 Å². The fourth-order valence-electron chi connectivity index (χ4n) is 4.43. The second-order valence-corrected chi connectivity index (χ2v) is 7.68. The molecule has 28 heavy (non-hydrogen) atoms. The summed E-state index contributed by atoms with van der Waals surface area (Å²) >= 11 is 0. The number of aromatic nitrogens is 3. The van der Waals surface area contributed by atoms with Crippen molar-refractivity contribution in [3.8, 4) is 11.3 Å². The Labute approximate surface area is 164 Å². The van der Waals surface area contributed by atoms with Crippen LogP contribution in [0.15, 0.2) is 35.6 Å². The van der Waals surface area contributed by atoms with E-state index in [9.17, 15) is 0 Å². The zero-order valence-corrected chi connectivity index (χ0v) is 15.9. The largest absolute Gasteiger partial charge is 0.395 e. The number of fused-ring (bicyclic) bond motifs is 2. The quantitative estimate of drug-likeness (QED) is 0.698. The number of hydrogen-bond donors (Lipinski definition) is 2. The summed E-state index contributed by atoms with van der Waals surface area (Å²) in [6, 6.07) is 9.03. The Morgan fingerprint density at radius 1 is 1.14 bits per heavy atom. The molecule has 2 aliphatic rings. The summed E-state index contributed by atoms with van der Waals surface area (Å²) in [6.45, 7) is 0.562. The minimum Gasteiger partial charge on any atom is -0.395 e. The number of nitrogens with one attached hydrogen (secondary N) is 1. The number of benzene rings is 1. The van der Waals surface area contributed by atoms with E-state index in [1.165, 1.54) is 43.2 Å². The number of anilines is 1. The summed E-state index contributed by atoms with van der Waals surface area (Å²) in [7, 11) is 0. The molecule has 0 bridgehead atoms. The van der Waals surface area contributed by atoms with Crippen molar-refractivity contribution in [2.45, 2.75) is 44.6 Å². The van der Waals surface area contributed by atoms with Gasteiger partial charge in [-0.05, 0) is 36.6 Å². The lowest BCUT2D eigenvalue weighted by Gasteiger charge is -2.23. The molecule has 1 aromatic carbocycles. The van der Waals surface area contributed by atoms with Gasteiger partial charge in [0, 0.05) is 30.8 Å². The van der Waals surface area contributed by atoms with E-state index in [1.54, 1.807) is 0 Å². The molecule has 2 aromatic heterocycles. The SMILES string of the molecule is OCCNc1cc2c(c(-c3ccc4c(c3)ncn4C3CCCCC3)n1)N=CC2. The molecule has 3 heterocycles. The van der Waals surface area contributed by atoms with Gasteiger partial charge in [-0.25, -0.2) is 9.97 Å². The normalized spacial score (nSPS) is 16.6. The fourth-order valence-corrected chi connectivity index (χ4v) is 4.43. The van der Waals surface area contributed by atoms with Crippen LogP contribution in [0, 0.1) is 0 Å². The molecule has 3 aromatic rings. The lowest BCUT2D eigenvalue weighted by atomic mass is 9.95. The van der Waals surface area contributed by atoms with Crippen molar-refractivity contribution in [2.24, 2.45) is 4.99 Å². The van der Waals surface area contributed by atoms with E-state index in [2.05, 4.69) is 33.1 Å². The lowest BCUT2D eigenvalue weighted by Crippen LogP contribution is -2.11. The van der Waals surface area contributed by atoms with E-state index in [0.717, 1.165) is 34.7 Å². The first-order valence-corrected chi connectivity index (χ1v) is 10.2. The number of aliphatic imine (C=N–C) groups is 1. The summed E-state index contributed by atoms with van der Waals surface area (Å²) in [5, 5.41) is 12.3. The van der Waals surface area contributed by atoms with E-state index >= 15 is 0 Å². The maximum absolute atomic E-state index is 9.11. The zero-order chi connectivity index (χ0) is 18.9. The Morgan fingerprint density at radius 3 is 2.89 bits per heavy atom. The van der Waals surface area contributed by atoms with Crippen LogP contribution in [0.4, 0.5) is 11.5 Å². The van der Waals surface area contributed by atoms with E-state index in [1.807, 2.05) is 18.6 Å². The molecule has 1 aliphatic heterocycles. The van der Waals surface area contributed by atoms with Crippen LogP contribution in [0.25, 0.3) is 22.3 Å². The molecule has 0 radical (unpaired) electrons. The van der Waals surface area contributed by atoms with Gasteiger partial charge < -0.3 is 15.0 Å². The Morgan fingerprint density at radius 2 is 2.04 bits per heavy atom. The van der Waals surface area contributed by atoms with Crippen LogP contribution in [-0.2, 0) is 6.42 Å². The van der Waals surface area contributed by atoms with Crippen molar-refractivity contribution in [1.82, 2.24) is 14.5 Å². The Kier molecular flexibility index (Phi) is 4.56. The molecule has 5 rings (SSSR count). The van der Waals surface area contributed by atoms with Crippen LogP contribution in [0.5, 0.6) is 0 Å². The minimum absolute atomic E-state index is 0.0785. The highest BCUT2D eigenvalue weighted by Crippen LogP contribution is 2.38. The Balaban J connectivity index is 1.54. The van der Waals surface area contributed by atoms with Crippen molar-refractivity contribution >= 4 is 28.8 Å². The minimum atomic E-state index is 0.0785. The molecule has 6 heteroatoms. The zero-order valence-electron chi connectivity index (χ0n) is 15.9. The number of aliphatic hydroxyl groups is 1. The topological polar surface area (TPSA) is 75.3 Å². The summed E-state index contributed by atoms with van der Waals surface area (Å²) < 4.78 is 2.35. The third-order valence-electron chi connectivity index (χ3n) is 5.84. The van der Waals surface area contributed by atoms with Gasteiger partial charge in [-0.1, -0.05) is 25.3 Å². The lowest BCUT2D eigenvalue weighted by molar-refractivity contribution is 0.311. The van der Waals surface area contributed by atoms with Gasteiger partial charge >= 0.3 is 0 Å². The van der Waals surface area contributed by atoms with Crippen molar-refractivity contribution < 1.29 is 5.11 Å². The number of nitrogens with zero attached hydrogens (tertiary/aromatic N) is 4. The summed E-state index contributed by atoms with van der Waals surface area (Å²) in [5.41, 5.74) is 6.23. The van der Waals surface area contributed by atoms with Crippen molar-refractivity contribution in [1.29, 1.82) is 0 Å². The number of hydrogen-bond acceptors (Lipinski definition) is 5. The maximum Gasteiger partial charge on any atom is 0.127 e. The van der Waals surface area contributed by atoms with Crippen molar-refractivity contribution in [3.05, 3.63) is 36.2 Å². The van der Waals surface area contributed by atoms with Crippen LogP contribution in [-0.4, -0.2) is 39.0 Å². The van der Waals surface area contributed by atoms with Crippen molar-refractivity contribution in [3.63, 3.8) is 0 Å². The number of rotatable bonds is 5. The number of aliphatic hydroxyl groups excluding tert-OH is 1. The Hall–Kier alpha value is -2.73. The molecule has 0 saturated heterocycles. The summed E-state index contributed by atoms with van der Waals surface area (Å²) in [5.74, 6) is 0.779. The summed E-state index contributed by atoms with van der Waals surface area (Å²) in [4.78, 5) is 14.0. The highest BCUT2D eigenvalue weighted by molar-refractivity contribution is 5.89. The van der Waals surface area contributed by atoms with Crippen LogP contribution in [0.3, 0.4) is 0 Å². The van der Waals surface area contributed by atoms with Crippen LogP contribution >= 0.6 is 0 Å². The van der Waals surface area contributed by atoms with E-state index in [-0.39, 0.29) is 6.61 Å². The van der Waals surface area contributed by atoms with Crippen LogP contribution in [0.2, 0.25) is 0 Å². The molecule has 1 saturated carbocycles. The molecule has 2 N–H and O–H groups in total. The van der Waals surface area contributed by atoms with Gasteiger partial charge in [0.2, 0.25) is 0 Å². The monoisotopic (exact) mass is 375 g/mol. The van der Waals surface area contributed by atoms with Gasteiger partial charge in [0.25, 0.3) is 0 Å². The average molecular weight is 375 g/mol. The van der Waals surface area contributed by atoms with Gasteiger partial charge in [-0.2, -0.15) is 0 Å². The van der Waals surface area contributed by atoms with Crippen LogP contribution < -0.4 is 5.32 Å². The van der Waals surface area contributed by atoms with E-state index < -0.39 is 0 Å². The third-order valence-corrected chi connectivity index (χ3v) is 5.84. The Bertz CT molecular complexity index is 1030. The molecular formula is C22H25N5O. The molecule has 6 nitrogen and oxygen atoms in total. The molecule has 1 aliphatic carbocycles. The average Bonchev–Trinajstić information content (AvgIpc) is 3.38. The molecule has 144 valence electrons. The van der Waals surface area contributed by atoms with Crippen molar-refractivity contribution in [2.75, 3.05) is 18.5 Å². The predicted molar refractivity (Wildman–Crippen MR) is 113 cm³/mol. The maximum atomic E-state index is 9.11. The molecule has 1 fully saturated rings. The van der Waals surface area contributed by atoms with Gasteiger partial charge in [0.15, 0.2) is 0 Å². The highest BCUT2D eigenvalue weighted by Gasteiger charge is 2.20. The van der Waals surface area contributed by atoms with Gasteiger partial charge in [-0.3, -0.25) is 4.99 Å². The fraction of sp³-hybridized carbons (Fsp3) is 0.409. The molecule has 0 spiro atoms. The first kappa shape index (κ1) is 17.4. The first-order chi connectivity index (χ1) is 13.8. The van der Waals surface area contributed by atoms with E-state index in [4.69, 9.17) is 15.1 Å². The van der Waals surface area contributed by atoms with Crippen LogP contribution in [0.1, 0.15) is 43.7 Å². The highest BCUT2D eigenvalue weighted by atomic mass is 16.3. The standard InChI is InChI=1S/C22H25N5O/c28-11-10-23-20-13-16-8-9-24-21(16)22(26-20)15-6-7-19-18(12-15)25-14-27(19)17-4-2-1-3-5-17/h6-7,9,12-14,17,28H,1-5,8,10-11H2,(H,23,26). The van der Waals surface area contributed by atoms with Gasteiger partial charge in [0.1, 0.15) is 5.82 Å². The molecule has 0 atom stereocenters.